The summed E-state index contributed by atoms with van der Waals surface area (Å²) in [6.07, 6.45) is 2.51. The van der Waals surface area contributed by atoms with Crippen molar-refractivity contribution < 1.29 is 0 Å². The lowest BCUT2D eigenvalue weighted by Gasteiger charge is -2.21. The molecule has 1 nitrogen and oxygen atoms in total. The highest BCUT2D eigenvalue weighted by Crippen LogP contribution is 2.51. The smallest absolute Gasteiger partial charge is 0.0455 e. The van der Waals surface area contributed by atoms with Crippen molar-refractivity contribution in [2.75, 3.05) is 20.6 Å². The minimum atomic E-state index is 0.321. The molecule has 0 amide bonds. The Bertz CT molecular complexity index is 372. The maximum Gasteiger partial charge on any atom is 0.0455 e. The lowest BCUT2D eigenvalue weighted by atomic mass is 9.95. The van der Waals surface area contributed by atoms with E-state index in [1.807, 2.05) is 6.07 Å². The van der Waals surface area contributed by atoms with E-state index in [1.165, 1.54) is 18.4 Å². The molecule has 0 heterocycles. The zero-order chi connectivity index (χ0) is 11.1. The third-order valence-corrected chi connectivity index (χ3v) is 3.78. The molecule has 0 aromatic heterocycles. The first-order chi connectivity index (χ1) is 7.03. The second kappa shape index (κ2) is 4.08. The fourth-order valence-electron chi connectivity index (χ4n) is 2.19. The molecule has 1 aromatic rings. The SMILES string of the molecule is CN(C)CC1(c2ccc(Br)cc2Cl)CC1. The van der Waals surface area contributed by atoms with Gasteiger partial charge in [0.1, 0.15) is 0 Å². The molecule has 1 saturated carbocycles. The van der Waals surface area contributed by atoms with Crippen LogP contribution in [0.5, 0.6) is 0 Å². The molecule has 0 bridgehead atoms. The van der Waals surface area contributed by atoms with Gasteiger partial charge in [-0.2, -0.15) is 0 Å². The number of nitrogens with zero attached hydrogens (tertiary/aromatic N) is 1. The van der Waals surface area contributed by atoms with Crippen molar-refractivity contribution in [3.05, 3.63) is 33.3 Å². The summed E-state index contributed by atoms with van der Waals surface area (Å²) in [4.78, 5) is 2.24. The normalized spacial score (nSPS) is 18.2. The fraction of sp³-hybridized carbons (Fsp3) is 0.500. The molecule has 0 atom stereocenters. The number of hydrogen-bond acceptors (Lipinski definition) is 1. The average Bonchev–Trinajstić information content (AvgIpc) is 2.83. The van der Waals surface area contributed by atoms with Crippen LogP contribution in [-0.4, -0.2) is 25.5 Å². The van der Waals surface area contributed by atoms with Crippen molar-refractivity contribution in [2.45, 2.75) is 18.3 Å². The first-order valence-electron chi connectivity index (χ1n) is 5.14. The summed E-state index contributed by atoms with van der Waals surface area (Å²) in [5, 5.41) is 0.892. The van der Waals surface area contributed by atoms with Gasteiger partial charge in [0.2, 0.25) is 0 Å². The minimum absolute atomic E-state index is 0.321. The van der Waals surface area contributed by atoms with E-state index >= 15 is 0 Å². The van der Waals surface area contributed by atoms with Gasteiger partial charge in [0.25, 0.3) is 0 Å². The van der Waals surface area contributed by atoms with E-state index in [0.717, 1.165) is 16.0 Å². The fourth-order valence-corrected chi connectivity index (χ4v) is 3.06. The van der Waals surface area contributed by atoms with Gasteiger partial charge in [-0.25, -0.2) is 0 Å². The van der Waals surface area contributed by atoms with Gasteiger partial charge < -0.3 is 4.90 Å². The number of likely N-dealkylation sites (N-methyl/N-ethyl adjacent to an activating group) is 1. The third kappa shape index (κ3) is 2.38. The molecule has 82 valence electrons. The Balaban J connectivity index is 2.29. The van der Waals surface area contributed by atoms with Gasteiger partial charge in [-0.3, -0.25) is 0 Å². The second-order valence-electron chi connectivity index (χ2n) is 4.64. The van der Waals surface area contributed by atoms with Crippen LogP contribution < -0.4 is 0 Å². The standard InChI is InChI=1S/C12H15BrClN/c1-15(2)8-12(5-6-12)10-4-3-9(13)7-11(10)14/h3-4,7H,5-6,8H2,1-2H3. The van der Waals surface area contributed by atoms with Crippen LogP contribution in [0.4, 0.5) is 0 Å². The molecule has 2 rings (SSSR count). The molecule has 3 heteroatoms. The van der Waals surface area contributed by atoms with Crippen molar-refractivity contribution in [1.82, 2.24) is 4.90 Å². The van der Waals surface area contributed by atoms with E-state index in [0.29, 0.717) is 5.41 Å². The molecule has 1 aliphatic rings. The van der Waals surface area contributed by atoms with E-state index in [1.54, 1.807) is 0 Å². The van der Waals surface area contributed by atoms with Gasteiger partial charge in [0.15, 0.2) is 0 Å². The van der Waals surface area contributed by atoms with Gasteiger partial charge in [-0.05, 0) is 44.6 Å². The highest BCUT2D eigenvalue weighted by molar-refractivity contribution is 9.10. The summed E-state index contributed by atoms with van der Waals surface area (Å²) >= 11 is 9.73. The van der Waals surface area contributed by atoms with Crippen LogP contribution >= 0.6 is 27.5 Å². The van der Waals surface area contributed by atoms with E-state index in [9.17, 15) is 0 Å². The van der Waals surface area contributed by atoms with Crippen molar-refractivity contribution >= 4 is 27.5 Å². The molecular weight excluding hydrogens is 273 g/mol. The Morgan fingerprint density at radius 1 is 1.40 bits per heavy atom. The van der Waals surface area contributed by atoms with Crippen molar-refractivity contribution in [3.63, 3.8) is 0 Å². The minimum Gasteiger partial charge on any atom is -0.309 e. The van der Waals surface area contributed by atoms with Crippen LogP contribution in [0, 0.1) is 0 Å². The van der Waals surface area contributed by atoms with Gasteiger partial charge in [-0.1, -0.05) is 33.6 Å². The first kappa shape index (κ1) is 11.4. The first-order valence-corrected chi connectivity index (χ1v) is 6.31. The van der Waals surface area contributed by atoms with E-state index < -0.39 is 0 Å². The maximum absolute atomic E-state index is 6.29. The Morgan fingerprint density at radius 3 is 2.53 bits per heavy atom. The molecule has 0 spiro atoms. The summed E-state index contributed by atoms with van der Waals surface area (Å²) in [5.41, 5.74) is 1.63. The molecule has 1 aromatic carbocycles. The lowest BCUT2D eigenvalue weighted by molar-refractivity contribution is 0.363. The van der Waals surface area contributed by atoms with Gasteiger partial charge in [0, 0.05) is 21.5 Å². The lowest BCUT2D eigenvalue weighted by Crippen LogP contribution is -2.26. The summed E-state index contributed by atoms with van der Waals surface area (Å²) in [6.45, 7) is 1.09. The van der Waals surface area contributed by atoms with E-state index in [4.69, 9.17) is 11.6 Å². The maximum atomic E-state index is 6.29. The molecule has 0 unspecified atom stereocenters. The Hall–Kier alpha value is -0.0500. The van der Waals surface area contributed by atoms with Gasteiger partial charge in [-0.15, -0.1) is 0 Å². The molecule has 15 heavy (non-hydrogen) atoms. The van der Waals surface area contributed by atoms with Crippen LogP contribution in [0.25, 0.3) is 0 Å². The summed E-state index contributed by atoms with van der Waals surface area (Å²) < 4.78 is 1.05. The van der Waals surface area contributed by atoms with Crippen molar-refractivity contribution in [2.24, 2.45) is 0 Å². The topological polar surface area (TPSA) is 3.24 Å². The van der Waals surface area contributed by atoms with Crippen molar-refractivity contribution in [1.29, 1.82) is 0 Å². The van der Waals surface area contributed by atoms with Crippen LogP contribution in [-0.2, 0) is 5.41 Å². The highest BCUT2D eigenvalue weighted by atomic mass is 79.9. The highest BCUT2D eigenvalue weighted by Gasteiger charge is 2.45. The predicted octanol–water partition coefficient (Wildman–Crippen LogP) is 3.70. The number of hydrogen-bond donors (Lipinski definition) is 0. The van der Waals surface area contributed by atoms with Crippen molar-refractivity contribution in [3.8, 4) is 0 Å². The summed E-state index contributed by atoms with van der Waals surface area (Å²) in [5.74, 6) is 0. The molecule has 0 aliphatic heterocycles. The average molecular weight is 289 g/mol. The quantitative estimate of drug-likeness (QED) is 0.820. The molecular formula is C12H15BrClN. The monoisotopic (exact) mass is 287 g/mol. The van der Waals surface area contributed by atoms with E-state index in [2.05, 4.69) is 47.1 Å². The number of benzene rings is 1. The number of rotatable bonds is 3. The Labute approximate surface area is 105 Å². The molecule has 0 N–H and O–H groups in total. The number of halogens is 2. The van der Waals surface area contributed by atoms with Crippen LogP contribution in [0.1, 0.15) is 18.4 Å². The molecule has 0 radical (unpaired) electrons. The zero-order valence-corrected chi connectivity index (χ0v) is 11.4. The van der Waals surface area contributed by atoms with Gasteiger partial charge in [0.05, 0.1) is 0 Å². The van der Waals surface area contributed by atoms with Gasteiger partial charge >= 0.3 is 0 Å². The summed E-state index contributed by atoms with van der Waals surface area (Å²) in [7, 11) is 4.24. The Kier molecular flexibility index (Phi) is 3.11. The third-order valence-electron chi connectivity index (χ3n) is 2.97. The van der Waals surface area contributed by atoms with Crippen LogP contribution in [0.2, 0.25) is 5.02 Å². The predicted molar refractivity (Wildman–Crippen MR) is 68.6 cm³/mol. The largest absolute Gasteiger partial charge is 0.309 e. The van der Waals surface area contributed by atoms with E-state index in [-0.39, 0.29) is 0 Å². The van der Waals surface area contributed by atoms with Crippen LogP contribution in [0.15, 0.2) is 22.7 Å². The molecule has 1 aliphatic carbocycles. The molecule has 1 fully saturated rings. The van der Waals surface area contributed by atoms with Crippen LogP contribution in [0.3, 0.4) is 0 Å². The summed E-state index contributed by atoms with van der Waals surface area (Å²) in [6, 6.07) is 6.23. The zero-order valence-electron chi connectivity index (χ0n) is 9.06. The second-order valence-corrected chi connectivity index (χ2v) is 5.97. The Morgan fingerprint density at radius 2 is 2.07 bits per heavy atom. The molecule has 0 saturated heterocycles.